The Kier molecular flexibility index (Phi) is 32.0. The molecular formula is C54H89N15O15S. The van der Waals surface area contributed by atoms with E-state index in [4.69, 9.17) is 22.9 Å². The maximum absolute atomic E-state index is 14.3. The van der Waals surface area contributed by atoms with Crippen molar-refractivity contribution in [3.05, 3.63) is 36.0 Å². The van der Waals surface area contributed by atoms with E-state index in [1.54, 1.807) is 72.0 Å². The summed E-state index contributed by atoms with van der Waals surface area (Å²) in [6.07, 6.45) is -1.14. The van der Waals surface area contributed by atoms with Crippen molar-refractivity contribution in [2.75, 3.05) is 25.4 Å². The molecule has 30 nitrogen and oxygen atoms in total. The van der Waals surface area contributed by atoms with Crippen LogP contribution in [0.3, 0.4) is 0 Å². The van der Waals surface area contributed by atoms with E-state index < -0.39 is 163 Å². The van der Waals surface area contributed by atoms with Crippen molar-refractivity contribution < 1.29 is 73.2 Å². The summed E-state index contributed by atoms with van der Waals surface area (Å²) in [5.74, 6) is -13.0. The molecule has 11 atom stereocenters. The second-order valence-electron chi connectivity index (χ2n) is 21.7. The number of aromatic nitrogens is 1. The van der Waals surface area contributed by atoms with Crippen LogP contribution in [0.5, 0.6) is 0 Å². The fourth-order valence-corrected chi connectivity index (χ4v) is 8.78. The largest absolute Gasteiger partial charge is 0.481 e. The smallest absolute Gasteiger partial charge is 0.326 e. The summed E-state index contributed by atoms with van der Waals surface area (Å²) in [5.41, 5.74) is 23.8. The van der Waals surface area contributed by atoms with E-state index in [1.807, 2.05) is 0 Å². The number of aliphatic hydroxyl groups excluding tert-OH is 2. The molecule has 2 aromatic rings. The molecule has 0 saturated heterocycles. The Morgan fingerprint density at radius 3 is 1.58 bits per heavy atom. The highest BCUT2D eigenvalue weighted by molar-refractivity contribution is 7.80. The molecule has 0 fully saturated rings. The molecule has 2 rings (SSSR count). The van der Waals surface area contributed by atoms with Gasteiger partial charge in [-0.2, -0.15) is 12.6 Å². The highest BCUT2D eigenvalue weighted by atomic mass is 32.1. The Morgan fingerprint density at radius 1 is 0.588 bits per heavy atom. The lowest BCUT2D eigenvalue weighted by Crippen LogP contribution is -2.62. The summed E-state index contributed by atoms with van der Waals surface area (Å²) in [4.78, 5) is 156. The zero-order chi connectivity index (χ0) is 64.2. The number of H-pyrrole nitrogens is 1. The first-order valence-corrected chi connectivity index (χ1v) is 28.7. The quantitative estimate of drug-likeness (QED) is 0.0132. The van der Waals surface area contributed by atoms with Gasteiger partial charge in [0.15, 0.2) is 5.96 Å². The predicted molar refractivity (Wildman–Crippen MR) is 316 cm³/mol. The van der Waals surface area contributed by atoms with Crippen molar-refractivity contribution in [3.63, 3.8) is 0 Å². The Bertz CT molecular complexity index is 2610. The number of aliphatic hydroxyl groups is 2. The van der Waals surface area contributed by atoms with Crippen molar-refractivity contribution in [3.8, 4) is 0 Å². The third kappa shape index (κ3) is 25.3. The van der Waals surface area contributed by atoms with Crippen molar-refractivity contribution in [2.45, 2.75) is 173 Å². The number of unbranched alkanes of at least 4 members (excludes halogenated alkanes) is 1. The van der Waals surface area contributed by atoms with Gasteiger partial charge in [-0.1, -0.05) is 59.7 Å². The molecule has 0 unspecified atom stereocenters. The third-order valence-corrected chi connectivity index (χ3v) is 13.8. The van der Waals surface area contributed by atoms with Crippen molar-refractivity contribution in [2.24, 2.45) is 45.7 Å². The number of carboxylic acids is 2. The number of para-hydroxylation sites is 1. The summed E-state index contributed by atoms with van der Waals surface area (Å²) >= 11 is 4.03. The number of carbonyl (C=O) groups is 11. The number of carboxylic acid groups (broad SMARTS) is 2. The first kappa shape index (κ1) is 73.5. The molecule has 1 aromatic carbocycles. The fourth-order valence-electron chi connectivity index (χ4n) is 8.61. The fraction of sp³-hybridized carbons (Fsp3) is 0.630. The van der Waals surface area contributed by atoms with Crippen LogP contribution in [0.25, 0.3) is 10.9 Å². The SMILES string of the molecule is CC(C)C[C@H](NC(=O)[C@@H](N)CS)C(=O)N[C@H](C(=O)N[C@H](C(=O)N[C@@H](CCC(=O)O)C(=O)N[C@@H](CCCCN)C(=O)N[C@@H](CO)C(=O)N[C@@H](CCCN=C(N)N)C(=O)N[C@@H](Cc1c[nH]c2ccccc12)C(=O)N[C@H](C(=O)O)C(C)C)[C@@H](C)O)C(C)C. The first-order valence-electron chi connectivity index (χ1n) is 28.1. The van der Waals surface area contributed by atoms with Gasteiger partial charge in [0.1, 0.15) is 54.4 Å². The molecule has 476 valence electrons. The number of hydrogen-bond acceptors (Lipinski definition) is 17. The average molecular weight is 1220 g/mol. The van der Waals surface area contributed by atoms with Crippen LogP contribution in [0.15, 0.2) is 35.5 Å². The Balaban J connectivity index is 2.46. The van der Waals surface area contributed by atoms with Crippen LogP contribution >= 0.6 is 12.6 Å². The van der Waals surface area contributed by atoms with Gasteiger partial charge in [-0.3, -0.25) is 52.9 Å². The number of hydrogen-bond donors (Lipinski definition) is 19. The first-order chi connectivity index (χ1) is 39.9. The van der Waals surface area contributed by atoms with Crippen LogP contribution in [0, 0.1) is 17.8 Å². The van der Waals surface area contributed by atoms with Crippen LogP contribution in [0.1, 0.15) is 105 Å². The molecule has 0 aliphatic heterocycles. The Morgan fingerprint density at radius 2 is 1.06 bits per heavy atom. The zero-order valence-corrected chi connectivity index (χ0v) is 50.0. The van der Waals surface area contributed by atoms with Crippen LogP contribution in [0.2, 0.25) is 0 Å². The lowest BCUT2D eigenvalue weighted by atomic mass is 9.99. The second-order valence-corrected chi connectivity index (χ2v) is 22.1. The van der Waals surface area contributed by atoms with E-state index in [2.05, 4.69) is 70.5 Å². The van der Waals surface area contributed by atoms with E-state index in [1.165, 1.54) is 0 Å². The lowest BCUT2D eigenvalue weighted by Gasteiger charge is -2.30. The van der Waals surface area contributed by atoms with Crippen molar-refractivity contribution in [1.29, 1.82) is 0 Å². The number of fused-ring (bicyclic) bond motifs is 1. The minimum Gasteiger partial charge on any atom is -0.481 e. The van der Waals surface area contributed by atoms with Gasteiger partial charge < -0.3 is 96.2 Å². The van der Waals surface area contributed by atoms with Crippen LogP contribution < -0.4 is 70.8 Å². The van der Waals surface area contributed by atoms with Crippen molar-refractivity contribution >= 4 is 94.6 Å². The molecule has 0 bridgehead atoms. The highest BCUT2D eigenvalue weighted by Gasteiger charge is 2.38. The molecule has 0 radical (unpaired) electrons. The number of nitrogens with one attached hydrogen (secondary N) is 10. The predicted octanol–water partition coefficient (Wildman–Crippen LogP) is -3.81. The van der Waals surface area contributed by atoms with Gasteiger partial charge in [-0.25, -0.2) is 4.79 Å². The monoisotopic (exact) mass is 1220 g/mol. The molecule has 0 saturated carbocycles. The van der Waals surface area contributed by atoms with E-state index in [9.17, 15) is 73.2 Å². The van der Waals surface area contributed by atoms with E-state index in [-0.39, 0.29) is 69.2 Å². The topological polar surface area (TPSA) is 509 Å². The van der Waals surface area contributed by atoms with E-state index >= 15 is 0 Å². The standard InChI is InChI=1S/C54H89N15O15S/c1-26(2)21-37(64-44(74)32(56)25-85)48(78)67-41(27(3)4)51(81)69-43(29(7)71)52(82)63-36(17-18-40(72)73)47(77)61-34(15-10-11-19-55)46(76)66-39(24-70)50(80)62-35(16-12-20-59-54(57)58)45(75)65-38(49(79)68-42(28(5)6)53(83)84)22-30-23-60-33-14-9-8-13-31(30)33/h8-9,13-14,23,26-29,32,34-39,41-43,60,70-71,85H,10-12,15-22,24-25,55-56H2,1-7H3,(H,61,77)(H,62,80)(H,63,82)(H,64,74)(H,65,75)(H,66,76)(H,67,78)(H,68,79)(H,69,81)(H,72,73)(H,83,84)(H4,57,58,59)/t29-,32+,34+,35+,36+,37+,38+,39+,41+,42+,43+/m1/s1. The molecule has 0 aliphatic carbocycles. The van der Waals surface area contributed by atoms with Crippen LogP contribution in [0.4, 0.5) is 0 Å². The van der Waals surface area contributed by atoms with E-state index in [0.717, 1.165) is 6.92 Å². The number of amides is 9. The van der Waals surface area contributed by atoms with Crippen molar-refractivity contribution in [1.82, 2.24) is 52.8 Å². The van der Waals surface area contributed by atoms with Gasteiger partial charge in [0.05, 0.1) is 18.8 Å². The lowest BCUT2D eigenvalue weighted by molar-refractivity contribution is -0.143. The maximum atomic E-state index is 14.3. The molecule has 1 heterocycles. The molecule has 9 amide bonds. The summed E-state index contributed by atoms with van der Waals surface area (Å²) in [7, 11) is 0. The Hall–Kier alpha value is -7.61. The van der Waals surface area contributed by atoms with Crippen LogP contribution in [-0.4, -0.2) is 188 Å². The summed E-state index contributed by atoms with van der Waals surface area (Å²) < 4.78 is 0. The number of benzene rings is 1. The molecule has 22 N–H and O–H groups in total. The van der Waals surface area contributed by atoms with Gasteiger partial charge in [0, 0.05) is 42.2 Å². The number of carbonyl (C=O) groups excluding carboxylic acids is 9. The number of nitrogens with two attached hydrogens (primary N) is 4. The van der Waals surface area contributed by atoms with Gasteiger partial charge in [0.25, 0.3) is 0 Å². The minimum absolute atomic E-state index is 0.0184. The number of thiol groups is 1. The number of rotatable bonds is 39. The second kappa shape index (κ2) is 37.0. The molecule has 0 spiro atoms. The Labute approximate surface area is 498 Å². The van der Waals surface area contributed by atoms with E-state index in [0.29, 0.717) is 22.9 Å². The normalized spacial score (nSPS) is 15.2. The summed E-state index contributed by atoms with van der Waals surface area (Å²) in [6, 6.07) is -7.68. The minimum atomic E-state index is -1.83. The molecule has 31 heteroatoms. The molecular weight excluding hydrogens is 1130 g/mol. The van der Waals surface area contributed by atoms with Crippen LogP contribution in [-0.2, 0) is 59.2 Å². The third-order valence-electron chi connectivity index (χ3n) is 13.4. The number of aromatic amines is 1. The van der Waals surface area contributed by atoms with Gasteiger partial charge in [-0.15, -0.1) is 0 Å². The summed E-state index contributed by atoms with van der Waals surface area (Å²) in [6.45, 7) is 10.1. The zero-order valence-electron chi connectivity index (χ0n) is 49.1. The highest BCUT2D eigenvalue weighted by Crippen LogP contribution is 2.20. The number of aliphatic carboxylic acids is 2. The van der Waals surface area contributed by atoms with Gasteiger partial charge in [0.2, 0.25) is 53.2 Å². The van der Waals surface area contributed by atoms with Gasteiger partial charge >= 0.3 is 11.9 Å². The number of nitrogens with zero attached hydrogens (tertiary/aromatic N) is 1. The average Bonchev–Trinajstić information content (AvgIpc) is 3.31. The number of aliphatic imine (C=N–C) groups is 1. The maximum Gasteiger partial charge on any atom is 0.326 e. The molecule has 0 aliphatic rings. The van der Waals surface area contributed by atoms with Gasteiger partial charge in [-0.05, 0) is 87.8 Å². The molecule has 85 heavy (non-hydrogen) atoms. The molecule has 1 aromatic heterocycles. The summed E-state index contributed by atoms with van der Waals surface area (Å²) in [5, 5.41) is 63.8. The number of guanidine groups is 1.